The van der Waals surface area contributed by atoms with Crippen molar-refractivity contribution in [1.29, 1.82) is 0 Å². The minimum absolute atomic E-state index is 0.551. The molecule has 0 aliphatic carbocycles. The van der Waals surface area contributed by atoms with Crippen LogP contribution in [0, 0.1) is 12.8 Å². The summed E-state index contributed by atoms with van der Waals surface area (Å²) in [5.41, 5.74) is 8.61. The Morgan fingerprint density at radius 1 is 1.18 bits per heavy atom. The van der Waals surface area contributed by atoms with Crippen molar-refractivity contribution in [2.45, 2.75) is 19.8 Å². The highest BCUT2D eigenvalue weighted by molar-refractivity contribution is 7.09. The molecule has 1 heterocycles. The molecular weight excluding hydrogens is 226 g/mol. The lowest BCUT2D eigenvalue weighted by Crippen LogP contribution is -2.19. The Labute approximate surface area is 107 Å². The Bertz CT molecular complexity index is 448. The van der Waals surface area contributed by atoms with Gasteiger partial charge in [-0.15, -0.1) is 11.3 Å². The van der Waals surface area contributed by atoms with Crippen molar-refractivity contribution in [2.75, 3.05) is 6.54 Å². The molecule has 0 aliphatic rings. The number of nitrogens with two attached hydrogens (primary N) is 1. The van der Waals surface area contributed by atoms with Crippen molar-refractivity contribution >= 4 is 11.3 Å². The van der Waals surface area contributed by atoms with E-state index in [4.69, 9.17) is 5.73 Å². The number of hydrogen-bond acceptors (Lipinski definition) is 2. The first-order valence-electron chi connectivity index (χ1n) is 6.06. The minimum atomic E-state index is 0.551. The third-order valence-corrected chi connectivity index (χ3v) is 3.91. The number of aryl methyl sites for hydroxylation is 1. The number of thiophene rings is 1. The van der Waals surface area contributed by atoms with Crippen LogP contribution in [-0.2, 0) is 12.8 Å². The maximum absolute atomic E-state index is 5.88. The topological polar surface area (TPSA) is 26.0 Å². The van der Waals surface area contributed by atoms with Gasteiger partial charge in [-0.2, -0.15) is 0 Å². The normalized spacial score (nSPS) is 12.6. The summed E-state index contributed by atoms with van der Waals surface area (Å²) < 4.78 is 0. The van der Waals surface area contributed by atoms with E-state index in [-0.39, 0.29) is 0 Å². The van der Waals surface area contributed by atoms with E-state index in [0.29, 0.717) is 5.92 Å². The molecule has 0 saturated carbocycles. The van der Waals surface area contributed by atoms with Crippen molar-refractivity contribution in [3.63, 3.8) is 0 Å². The molecule has 1 nitrogen and oxygen atoms in total. The molecule has 0 amide bonds. The van der Waals surface area contributed by atoms with Crippen LogP contribution >= 0.6 is 11.3 Å². The molecule has 1 atom stereocenters. The Morgan fingerprint density at radius 2 is 2.06 bits per heavy atom. The van der Waals surface area contributed by atoms with Gasteiger partial charge in [0, 0.05) is 4.88 Å². The molecule has 1 aromatic carbocycles. The van der Waals surface area contributed by atoms with Gasteiger partial charge in [-0.3, -0.25) is 0 Å². The van der Waals surface area contributed by atoms with E-state index in [2.05, 4.69) is 48.7 Å². The smallest absolute Gasteiger partial charge is 0.00485 e. The maximum Gasteiger partial charge on any atom is 0.00485 e. The van der Waals surface area contributed by atoms with Crippen molar-refractivity contribution in [3.8, 4) is 0 Å². The van der Waals surface area contributed by atoms with Crippen LogP contribution in [0.1, 0.15) is 16.0 Å². The van der Waals surface area contributed by atoms with Crippen LogP contribution < -0.4 is 5.73 Å². The van der Waals surface area contributed by atoms with E-state index in [1.165, 1.54) is 16.0 Å². The molecule has 2 N–H and O–H groups in total. The van der Waals surface area contributed by atoms with Gasteiger partial charge in [0.15, 0.2) is 0 Å². The Morgan fingerprint density at radius 3 is 2.71 bits per heavy atom. The van der Waals surface area contributed by atoms with Crippen molar-refractivity contribution in [2.24, 2.45) is 11.7 Å². The highest BCUT2D eigenvalue weighted by Crippen LogP contribution is 2.18. The van der Waals surface area contributed by atoms with Gasteiger partial charge in [-0.1, -0.05) is 35.9 Å². The second-order valence-corrected chi connectivity index (χ2v) is 5.61. The van der Waals surface area contributed by atoms with Crippen LogP contribution in [0.4, 0.5) is 0 Å². The molecule has 2 aromatic rings. The summed E-state index contributed by atoms with van der Waals surface area (Å²) in [5.74, 6) is 0.551. The molecular formula is C15H19NS. The summed E-state index contributed by atoms with van der Waals surface area (Å²) in [7, 11) is 0. The lowest BCUT2D eigenvalue weighted by Gasteiger charge is -2.14. The predicted octanol–water partition coefficient (Wildman–Crippen LogP) is 3.42. The zero-order valence-electron chi connectivity index (χ0n) is 10.2. The minimum Gasteiger partial charge on any atom is -0.330 e. The fraction of sp³-hybridized carbons (Fsp3) is 0.333. The third kappa shape index (κ3) is 3.69. The predicted molar refractivity (Wildman–Crippen MR) is 75.5 cm³/mol. The van der Waals surface area contributed by atoms with E-state index >= 15 is 0 Å². The molecule has 1 aromatic heterocycles. The van der Waals surface area contributed by atoms with Gasteiger partial charge in [-0.05, 0) is 49.2 Å². The summed E-state index contributed by atoms with van der Waals surface area (Å²) >= 11 is 1.82. The first-order valence-corrected chi connectivity index (χ1v) is 6.94. The average molecular weight is 245 g/mol. The summed E-state index contributed by atoms with van der Waals surface area (Å²) in [4.78, 5) is 1.44. The van der Waals surface area contributed by atoms with E-state index in [9.17, 15) is 0 Å². The van der Waals surface area contributed by atoms with E-state index in [1.807, 2.05) is 11.3 Å². The SMILES string of the molecule is Cc1cccc(CC(CN)Cc2cccs2)c1. The van der Waals surface area contributed by atoms with Crippen LogP contribution in [0.25, 0.3) is 0 Å². The number of hydrogen-bond donors (Lipinski definition) is 1. The fourth-order valence-electron chi connectivity index (χ4n) is 2.12. The third-order valence-electron chi connectivity index (χ3n) is 3.01. The van der Waals surface area contributed by atoms with Crippen molar-refractivity contribution in [3.05, 3.63) is 57.8 Å². The Balaban J connectivity index is 2.00. The molecule has 2 heteroatoms. The first kappa shape index (κ1) is 12.3. The lowest BCUT2D eigenvalue weighted by atomic mass is 9.95. The summed E-state index contributed by atoms with van der Waals surface area (Å²) in [6, 6.07) is 13.0. The molecule has 0 fully saturated rings. The Hall–Kier alpha value is -1.12. The highest BCUT2D eigenvalue weighted by Gasteiger charge is 2.09. The Kier molecular flexibility index (Phi) is 4.35. The number of rotatable bonds is 5. The molecule has 90 valence electrons. The molecule has 17 heavy (non-hydrogen) atoms. The van der Waals surface area contributed by atoms with Gasteiger partial charge < -0.3 is 5.73 Å². The van der Waals surface area contributed by atoms with E-state index < -0.39 is 0 Å². The lowest BCUT2D eigenvalue weighted by molar-refractivity contribution is 0.537. The van der Waals surface area contributed by atoms with Gasteiger partial charge in [0.2, 0.25) is 0 Å². The molecule has 0 radical (unpaired) electrons. The van der Waals surface area contributed by atoms with E-state index in [0.717, 1.165) is 19.4 Å². The van der Waals surface area contributed by atoms with Gasteiger partial charge in [-0.25, -0.2) is 0 Å². The highest BCUT2D eigenvalue weighted by atomic mass is 32.1. The van der Waals surface area contributed by atoms with Crippen molar-refractivity contribution < 1.29 is 0 Å². The zero-order chi connectivity index (χ0) is 12.1. The monoisotopic (exact) mass is 245 g/mol. The zero-order valence-corrected chi connectivity index (χ0v) is 11.0. The second kappa shape index (κ2) is 5.99. The van der Waals surface area contributed by atoms with E-state index in [1.54, 1.807) is 0 Å². The molecule has 0 spiro atoms. The fourth-order valence-corrected chi connectivity index (χ4v) is 2.95. The first-order chi connectivity index (χ1) is 8.28. The van der Waals surface area contributed by atoms with Gasteiger partial charge in [0.05, 0.1) is 0 Å². The average Bonchev–Trinajstić information content (AvgIpc) is 2.81. The van der Waals surface area contributed by atoms with Crippen LogP contribution in [0.3, 0.4) is 0 Å². The molecule has 0 saturated heterocycles. The molecule has 2 rings (SSSR count). The van der Waals surface area contributed by atoms with Crippen molar-refractivity contribution in [1.82, 2.24) is 0 Å². The molecule has 0 aliphatic heterocycles. The molecule has 0 bridgehead atoms. The van der Waals surface area contributed by atoms with Gasteiger partial charge in [0.1, 0.15) is 0 Å². The summed E-state index contributed by atoms with van der Waals surface area (Å²) in [6.07, 6.45) is 2.18. The summed E-state index contributed by atoms with van der Waals surface area (Å²) in [6.45, 7) is 2.89. The second-order valence-electron chi connectivity index (χ2n) is 4.58. The summed E-state index contributed by atoms with van der Waals surface area (Å²) in [5, 5.41) is 2.13. The van der Waals surface area contributed by atoms with Gasteiger partial charge >= 0.3 is 0 Å². The maximum atomic E-state index is 5.88. The van der Waals surface area contributed by atoms with Crippen LogP contribution in [0.2, 0.25) is 0 Å². The molecule has 1 unspecified atom stereocenters. The largest absolute Gasteiger partial charge is 0.330 e. The van der Waals surface area contributed by atoms with Crippen LogP contribution in [0.5, 0.6) is 0 Å². The van der Waals surface area contributed by atoms with Crippen LogP contribution in [-0.4, -0.2) is 6.54 Å². The van der Waals surface area contributed by atoms with Gasteiger partial charge in [0.25, 0.3) is 0 Å². The standard InChI is InChI=1S/C15H19NS/c1-12-4-2-5-13(8-12)9-14(11-16)10-15-6-3-7-17-15/h2-8,14H,9-11,16H2,1H3. The van der Waals surface area contributed by atoms with Crippen LogP contribution in [0.15, 0.2) is 41.8 Å². The number of benzene rings is 1. The quantitative estimate of drug-likeness (QED) is 0.858.